The number of rotatable bonds is 2. The molecule has 1 aliphatic carbocycles. The van der Waals surface area contributed by atoms with Gasteiger partial charge in [-0.2, -0.15) is 10.5 Å². The number of hydrogen-bond acceptors (Lipinski definition) is 2. The molecule has 0 bridgehead atoms. The largest absolute Gasteiger partial charge is 0.311 e. The maximum absolute atomic E-state index is 11.2. The summed E-state index contributed by atoms with van der Waals surface area (Å²) in [6.07, 6.45) is 3.01. The van der Waals surface area contributed by atoms with E-state index in [0.717, 1.165) is 68.4 Å². The Bertz CT molecular complexity index is 3310. The third kappa shape index (κ3) is 3.93. The smallest absolute Gasteiger partial charge is 0.103 e. The Morgan fingerprint density at radius 3 is 1.49 bits per heavy atom. The Morgan fingerprint density at radius 1 is 0.491 bits per heavy atom. The average Bonchev–Trinajstić information content (AvgIpc) is 3.74. The summed E-state index contributed by atoms with van der Waals surface area (Å²) in [5.41, 5.74) is 8.07. The van der Waals surface area contributed by atoms with E-state index < -0.39 is 0 Å². The Morgan fingerprint density at radius 2 is 0.925 bits per heavy atom. The van der Waals surface area contributed by atoms with Crippen molar-refractivity contribution in [2.24, 2.45) is 5.92 Å². The van der Waals surface area contributed by atoms with E-state index in [2.05, 4.69) is 162 Å². The monoisotopic (exact) mass is 676 g/mol. The molecule has 0 spiro atoms. The van der Waals surface area contributed by atoms with E-state index in [1.165, 1.54) is 43.6 Å². The highest BCUT2D eigenvalue weighted by atomic mass is 15.0. The van der Waals surface area contributed by atoms with Crippen molar-refractivity contribution in [1.29, 1.82) is 10.5 Å². The van der Waals surface area contributed by atoms with Gasteiger partial charge >= 0.3 is 0 Å². The zero-order valence-electron chi connectivity index (χ0n) is 29.2. The molecule has 4 heteroatoms. The van der Waals surface area contributed by atoms with Crippen LogP contribution in [0.25, 0.3) is 87.2 Å². The van der Waals surface area contributed by atoms with Gasteiger partial charge in [-0.05, 0) is 81.3 Å². The molecule has 1 unspecified atom stereocenters. The van der Waals surface area contributed by atoms with Crippen LogP contribution in [0.2, 0.25) is 0 Å². The van der Waals surface area contributed by atoms with E-state index in [1.54, 1.807) is 0 Å². The van der Waals surface area contributed by atoms with Crippen LogP contribution < -0.4 is 0 Å². The summed E-state index contributed by atoms with van der Waals surface area (Å²) >= 11 is 0. The molecule has 11 rings (SSSR count). The molecule has 10 aromatic rings. The van der Waals surface area contributed by atoms with Gasteiger partial charge in [0.2, 0.25) is 0 Å². The molecular formula is C49H32N4. The molecule has 53 heavy (non-hydrogen) atoms. The van der Waals surface area contributed by atoms with Gasteiger partial charge < -0.3 is 9.13 Å². The Balaban J connectivity index is 1.30. The molecule has 1 aliphatic rings. The Hall–Kier alpha value is -6.88. The fourth-order valence-electron chi connectivity index (χ4n) is 9.71. The van der Waals surface area contributed by atoms with Crippen molar-refractivity contribution in [3.05, 3.63) is 156 Å². The summed E-state index contributed by atoms with van der Waals surface area (Å²) in [6, 6.07) is 52.3. The molecule has 2 aromatic heterocycles. The van der Waals surface area contributed by atoms with Crippen molar-refractivity contribution in [3.63, 3.8) is 0 Å². The highest BCUT2D eigenvalue weighted by Gasteiger charge is 2.30. The highest BCUT2D eigenvalue weighted by molar-refractivity contribution is 6.32. The van der Waals surface area contributed by atoms with Crippen LogP contribution in [0.4, 0.5) is 0 Å². The normalized spacial score (nSPS) is 14.4. The number of nitrogens with zero attached hydrogens (tertiary/aromatic N) is 4. The van der Waals surface area contributed by atoms with Crippen molar-refractivity contribution in [1.82, 2.24) is 9.13 Å². The minimum absolute atomic E-state index is 0.384. The lowest BCUT2D eigenvalue weighted by molar-refractivity contribution is 0.492. The lowest BCUT2D eigenvalue weighted by Gasteiger charge is -2.22. The first-order valence-corrected chi connectivity index (χ1v) is 18.4. The third-order valence-electron chi connectivity index (χ3n) is 11.9. The van der Waals surface area contributed by atoms with Crippen molar-refractivity contribution >= 4 is 75.8 Å². The number of benzene rings is 8. The van der Waals surface area contributed by atoms with Gasteiger partial charge in [-0.15, -0.1) is 0 Å². The second kappa shape index (κ2) is 11.1. The van der Waals surface area contributed by atoms with E-state index in [0.29, 0.717) is 22.7 Å². The van der Waals surface area contributed by atoms with Gasteiger partial charge in [0.25, 0.3) is 0 Å². The molecule has 8 aromatic carbocycles. The maximum Gasteiger partial charge on any atom is 0.103 e. The van der Waals surface area contributed by atoms with Gasteiger partial charge in [0, 0.05) is 32.6 Å². The first kappa shape index (κ1) is 29.8. The zero-order valence-corrected chi connectivity index (χ0v) is 29.2. The molecule has 2 heterocycles. The molecule has 0 fully saturated rings. The molecule has 0 amide bonds. The van der Waals surface area contributed by atoms with E-state index in [4.69, 9.17) is 0 Å². The zero-order chi connectivity index (χ0) is 35.4. The standard InChI is InChI=1S/C49H32N4/c1-29-22-23-39-45(26-29)53(49-37-19-9-5-15-33(37)31-13-3-7-17-35(31)47(39)49)44-25-24-43(40(27-50)41(44)28-51)52-42-21-11-10-20-38(42)46-34-16-6-2-12-30(34)32-14-4-8-18-36(32)48(46)52/h2-21,24-25,29H,22-23,26H2,1H3. The first-order chi connectivity index (χ1) is 26.2. The Labute approximate surface area is 305 Å². The first-order valence-electron chi connectivity index (χ1n) is 18.4. The van der Waals surface area contributed by atoms with Crippen LogP contribution in [0.3, 0.4) is 0 Å². The molecule has 0 saturated heterocycles. The molecule has 0 aliphatic heterocycles. The summed E-state index contributed by atoms with van der Waals surface area (Å²) < 4.78 is 4.59. The minimum atomic E-state index is 0.384. The second-order valence-electron chi connectivity index (χ2n) is 14.7. The summed E-state index contributed by atoms with van der Waals surface area (Å²) in [5, 5.41) is 35.4. The van der Waals surface area contributed by atoms with Crippen LogP contribution in [-0.4, -0.2) is 9.13 Å². The number of aromatic nitrogens is 2. The molecular weight excluding hydrogens is 645 g/mol. The predicted molar refractivity (Wildman–Crippen MR) is 218 cm³/mol. The number of para-hydroxylation sites is 1. The fourth-order valence-corrected chi connectivity index (χ4v) is 9.71. The average molecular weight is 677 g/mol. The van der Waals surface area contributed by atoms with Gasteiger partial charge in [0.15, 0.2) is 0 Å². The van der Waals surface area contributed by atoms with E-state index in [-0.39, 0.29) is 0 Å². The molecule has 0 radical (unpaired) electrons. The van der Waals surface area contributed by atoms with Crippen molar-refractivity contribution in [2.45, 2.75) is 26.2 Å². The Kier molecular flexibility index (Phi) is 6.22. The summed E-state index contributed by atoms with van der Waals surface area (Å²) in [6.45, 7) is 2.33. The van der Waals surface area contributed by atoms with E-state index in [1.807, 2.05) is 0 Å². The summed E-state index contributed by atoms with van der Waals surface area (Å²) in [7, 11) is 0. The minimum Gasteiger partial charge on any atom is -0.311 e. The third-order valence-corrected chi connectivity index (χ3v) is 11.9. The molecule has 1 atom stereocenters. The molecule has 248 valence electrons. The number of aryl methyl sites for hydroxylation is 1. The van der Waals surface area contributed by atoms with Crippen LogP contribution in [0.1, 0.15) is 35.7 Å². The molecule has 4 nitrogen and oxygen atoms in total. The van der Waals surface area contributed by atoms with Gasteiger partial charge in [-0.25, -0.2) is 0 Å². The van der Waals surface area contributed by atoms with Crippen molar-refractivity contribution in [3.8, 4) is 23.5 Å². The number of nitriles is 2. The lowest BCUT2D eigenvalue weighted by Crippen LogP contribution is -2.15. The van der Waals surface area contributed by atoms with Crippen LogP contribution in [0.15, 0.2) is 133 Å². The lowest BCUT2D eigenvalue weighted by atomic mass is 9.86. The van der Waals surface area contributed by atoms with Crippen LogP contribution >= 0.6 is 0 Å². The maximum atomic E-state index is 11.2. The van der Waals surface area contributed by atoms with Gasteiger partial charge in [-0.3, -0.25) is 0 Å². The summed E-state index contributed by atoms with van der Waals surface area (Å²) in [4.78, 5) is 0. The quantitative estimate of drug-likeness (QED) is 0.171. The number of hydrogen-bond donors (Lipinski definition) is 0. The van der Waals surface area contributed by atoms with Crippen LogP contribution in [-0.2, 0) is 12.8 Å². The van der Waals surface area contributed by atoms with Crippen molar-refractivity contribution < 1.29 is 0 Å². The van der Waals surface area contributed by atoms with Gasteiger partial charge in [-0.1, -0.05) is 122 Å². The van der Waals surface area contributed by atoms with Gasteiger partial charge in [0.1, 0.15) is 12.1 Å². The van der Waals surface area contributed by atoms with Crippen molar-refractivity contribution in [2.75, 3.05) is 0 Å². The fraction of sp³-hybridized carbons (Fsp3) is 0.102. The molecule has 0 N–H and O–H groups in total. The SMILES string of the molecule is CC1CCc2c(n(-c3ccc(-n4c5ccccc5c5c6ccccc6c6ccccc6c54)c(C#N)c3C#N)c3c4ccccc4c4ccccc4c23)C1. The van der Waals surface area contributed by atoms with Gasteiger partial charge in [0.05, 0.1) is 39.1 Å². The van der Waals surface area contributed by atoms with E-state index >= 15 is 0 Å². The second-order valence-corrected chi connectivity index (χ2v) is 14.7. The predicted octanol–water partition coefficient (Wildman–Crippen LogP) is 12.2. The van der Waals surface area contributed by atoms with Crippen LogP contribution in [0.5, 0.6) is 0 Å². The topological polar surface area (TPSA) is 57.4 Å². The number of fused-ring (bicyclic) bond motifs is 16. The summed E-state index contributed by atoms with van der Waals surface area (Å²) in [5.74, 6) is 0.504. The molecule has 0 saturated carbocycles. The van der Waals surface area contributed by atoms with Crippen LogP contribution in [0, 0.1) is 28.6 Å². The highest BCUT2D eigenvalue weighted by Crippen LogP contribution is 2.46. The van der Waals surface area contributed by atoms with E-state index in [9.17, 15) is 10.5 Å².